The van der Waals surface area contributed by atoms with E-state index in [1.165, 1.54) is 21.8 Å². The number of fused-ring (bicyclic) bond motifs is 2. The number of ether oxygens (including phenoxy) is 1. The van der Waals surface area contributed by atoms with Gasteiger partial charge in [-0.3, -0.25) is 0 Å². The van der Waals surface area contributed by atoms with Crippen LogP contribution >= 0.6 is 23.1 Å². The zero-order valence-corrected chi connectivity index (χ0v) is 12.7. The van der Waals surface area contributed by atoms with E-state index in [9.17, 15) is 5.11 Å². The molecule has 1 aromatic heterocycles. The van der Waals surface area contributed by atoms with E-state index in [1.807, 2.05) is 23.9 Å². The van der Waals surface area contributed by atoms with Gasteiger partial charge in [0.2, 0.25) is 0 Å². The van der Waals surface area contributed by atoms with Crippen molar-refractivity contribution in [2.24, 2.45) is 0 Å². The van der Waals surface area contributed by atoms with Gasteiger partial charge in [0.25, 0.3) is 0 Å². The molecule has 0 saturated carbocycles. The van der Waals surface area contributed by atoms with Gasteiger partial charge in [-0.2, -0.15) is 11.8 Å². The number of hydrogen-bond acceptors (Lipinski definition) is 4. The Labute approximate surface area is 126 Å². The fourth-order valence-electron chi connectivity index (χ4n) is 2.91. The summed E-state index contributed by atoms with van der Waals surface area (Å²) in [5.41, 5.74) is 3.55. The second-order valence-electron chi connectivity index (χ2n) is 5.24. The van der Waals surface area contributed by atoms with Crippen LogP contribution in [-0.2, 0) is 18.6 Å². The predicted molar refractivity (Wildman–Crippen MR) is 83.9 cm³/mol. The van der Waals surface area contributed by atoms with E-state index in [0.717, 1.165) is 41.4 Å². The first-order valence-electron chi connectivity index (χ1n) is 6.95. The number of thiophene rings is 1. The number of aryl methyl sites for hydroxylation is 1. The zero-order valence-electron chi connectivity index (χ0n) is 11.1. The molecule has 0 bridgehead atoms. The van der Waals surface area contributed by atoms with Gasteiger partial charge in [0, 0.05) is 27.5 Å². The molecule has 1 unspecified atom stereocenters. The molecule has 0 fully saturated rings. The highest BCUT2D eigenvalue weighted by Crippen LogP contribution is 2.40. The van der Waals surface area contributed by atoms with E-state index in [4.69, 9.17) is 4.74 Å². The lowest BCUT2D eigenvalue weighted by Crippen LogP contribution is -2.00. The van der Waals surface area contributed by atoms with Crippen molar-refractivity contribution in [2.75, 3.05) is 12.4 Å². The topological polar surface area (TPSA) is 29.5 Å². The summed E-state index contributed by atoms with van der Waals surface area (Å²) in [6, 6.07) is 8.29. The molecule has 1 atom stereocenters. The first-order chi connectivity index (χ1) is 9.83. The van der Waals surface area contributed by atoms with Crippen molar-refractivity contribution in [2.45, 2.75) is 24.7 Å². The SMILES string of the molecule is OC(c1cc2c(s1)CCSC2)c1cccc2c1OCC2. The summed E-state index contributed by atoms with van der Waals surface area (Å²) in [5.74, 6) is 3.19. The Kier molecular flexibility index (Phi) is 3.25. The van der Waals surface area contributed by atoms with Gasteiger partial charge >= 0.3 is 0 Å². The first kappa shape index (κ1) is 12.7. The summed E-state index contributed by atoms with van der Waals surface area (Å²) in [5, 5.41) is 10.7. The van der Waals surface area contributed by atoms with Crippen LogP contribution in [0.2, 0.25) is 0 Å². The predicted octanol–water partition coefficient (Wildman–Crippen LogP) is 3.55. The molecule has 4 heteroatoms. The number of para-hydroxylation sites is 1. The lowest BCUT2D eigenvalue weighted by atomic mass is 10.0. The molecule has 20 heavy (non-hydrogen) atoms. The molecule has 3 heterocycles. The molecule has 1 N–H and O–H groups in total. The first-order valence-corrected chi connectivity index (χ1v) is 8.92. The summed E-state index contributed by atoms with van der Waals surface area (Å²) in [7, 11) is 0. The highest BCUT2D eigenvalue weighted by molar-refractivity contribution is 7.98. The van der Waals surface area contributed by atoms with Crippen molar-refractivity contribution in [3.8, 4) is 5.75 Å². The number of thioether (sulfide) groups is 1. The van der Waals surface area contributed by atoms with Gasteiger partial charge in [-0.15, -0.1) is 11.3 Å². The lowest BCUT2D eigenvalue weighted by molar-refractivity contribution is 0.217. The molecule has 0 aliphatic carbocycles. The largest absolute Gasteiger partial charge is 0.493 e. The minimum Gasteiger partial charge on any atom is -0.493 e. The third-order valence-electron chi connectivity index (χ3n) is 3.96. The van der Waals surface area contributed by atoms with Crippen LogP contribution < -0.4 is 4.74 Å². The normalized spacial score (nSPS) is 18.2. The van der Waals surface area contributed by atoms with Crippen molar-refractivity contribution in [1.29, 1.82) is 0 Å². The Morgan fingerprint density at radius 2 is 2.15 bits per heavy atom. The summed E-state index contributed by atoms with van der Waals surface area (Å²) in [6.45, 7) is 0.733. The van der Waals surface area contributed by atoms with Gasteiger partial charge in [-0.1, -0.05) is 18.2 Å². The summed E-state index contributed by atoms with van der Waals surface area (Å²) in [6.07, 6.45) is 1.54. The molecule has 2 aliphatic heterocycles. The number of aliphatic hydroxyl groups excluding tert-OH is 1. The number of hydrogen-bond donors (Lipinski definition) is 1. The monoisotopic (exact) mass is 304 g/mol. The van der Waals surface area contributed by atoms with Crippen molar-refractivity contribution in [3.05, 3.63) is 50.7 Å². The maximum atomic E-state index is 10.7. The molecule has 0 spiro atoms. The van der Waals surface area contributed by atoms with Crippen molar-refractivity contribution < 1.29 is 9.84 Å². The molecule has 2 aromatic rings. The smallest absolute Gasteiger partial charge is 0.128 e. The van der Waals surface area contributed by atoms with Crippen LogP contribution in [0.25, 0.3) is 0 Å². The molecular formula is C16H16O2S2. The summed E-state index contributed by atoms with van der Waals surface area (Å²) >= 11 is 3.74. The van der Waals surface area contributed by atoms with Crippen LogP contribution in [0.1, 0.15) is 32.5 Å². The van der Waals surface area contributed by atoms with E-state index >= 15 is 0 Å². The van der Waals surface area contributed by atoms with E-state index in [2.05, 4.69) is 12.1 Å². The number of aliphatic hydroxyl groups is 1. The second kappa shape index (κ2) is 5.10. The third-order valence-corrected chi connectivity index (χ3v) is 6.25. The van der Waals surface area contributed by atoms with Crippen molar-refractivity contribution >= 4 is 23.1 Å². The van der Waals surface area contributed by atoms with Gasteiger partial charge in [0.05, 0.1) is 6.61 Å². The van der Waals surface area contributed by atoms with Crippen LogP contribution in [0.5, 0.6) is 5.75 Å². The third kappa shape index (κ3) is 2.07. The van der Waals surface area contributed by atoms with Gasteiger partial charge in [-0.25, -0.2) is 0 Å². The quantitative estimate of drug-likeness (QED) is 0.920. The second-order valence-corrected chi connectivity index (χ2v) is 7.51. The fourth-order valence-corrected chi connectivity index (χ4v) is 5.30. The van der Waals surface area contributed by atoms with Crippen molar-refractivity contribution in [1.82, 2.24) is 0 Å². The average Bonchev–Trinajstić information content (AvgIpc) is 3.12. The summed E-state index contributed by atoms with van der Waals surface area (Å²) < 4.78 is 5.71. The Balaban J connectivity index is 1.72. The van der Waals surface area contributed by atoms with Crippen molar-refractivity contribution in [3.63, 3.8) is 0 Å². The Hall–Kier alpha value is -0.970. The van der Waals surface area contributed by atoms with Gasteiger partial charge in [-0.05, 0) is 29.4 Å². The Morgan fingerprint density at radius 3 is 3.05 bits per heavy atom. The Morgan fingerprint density at radius 1 is 1.20 bits per heavy atom. The van der Waals surface area contributed by atoms with E-state index in [0.29, 0.717) is 0 Å². The van der Waals surface area contributed by atoms with Crippen LogP contribution in [0, 0.1) is 0 Å². The Bertz CT molecular complexity index is 624. The number of benzene rings is 1. The van der Waals surface area contributed by atoms with Crippen LogP contribution in [0.15, 0.2) is 24.3 Å². The van der Waals surface area contributed by atoms with E-state index < -0.39 is 6.10 Å². The maximum absolute atomic E-state index is 10.7. The molecule has 2 nitrogen and oxygen atoms in total. The molecule has 104 valence electrons. The minimum atomic E-state index is -0.552. The van der Waals surface area contributed by atoms with Crippen LogP contribution in [0.4, 0.5) is 0 Å². The summed E-state index contributed by atoms with van der Waals surface area (Å²) in [4.78, 5) is 2.51. The molecule has 0 saturated heterocycles. The molecule has 4 rings (SSSR count). The highest BCUT2D eigenvalue weighted by atomic mass is 32.2. The molecule has 0 amide bonds. The fraction of sp³-hybridized carbons (Fsp3) is 0.375. The van der Waals surface area contributed by atoms with Crippen LogP contribution in [-0.4, -0.2) is 17.5 Å². The lowest BCUT2D eigenvalue weighted by Gasteiger charge is -2.13. The van der Waals surface area contributed by atoms with Crippen LogP contribution in [0.3, 0.4) is 0 Å². The van der Waals surface area contributed by atoms with Gasteiger partial charge < -0.3 is 9.84 Å². The van der Waals surface area contributed by atoms with Gasteiger partial charge in [0.15, 0.2) is 0 Å². The van der Waals surface area contributed by atoms with Gasteiger partial charge in [0.1, 0.15) is 11.9 Å². The number of rotatable bonds is 2. The van der Waals surface area contributed by atoms with E-state index in [-0.39, 0.29) is 0 Å². The average molecular weight is 304 g/mol. The highest BCUT2D eigenvalue weighted by Gasteiger charge is 2.24. The standard InChI is InChI=1S/C16H16O2S2/c17-15(12-3-1-2-10-4-6-18-16(10)12)14-8-11-9-19-7-5-13(11)20-14/h1-3,8,15,17H,4-7,9H2. The van der Waals surface area contributed by atoms with E-state index in [1.54, 1.807) is 11.3 Å². The molecular weight excluding hydrogens is 288 g/mol. The zero-order chi connectivity index (χ0) is 13.5. The molecule has 1 aromatic carbocycles. The molecule has 0 radical (unpaired) electrons. The molecule has 2 aliphatic rings. The maximum Gasteiger partial charge on any atom is 0.128 e. The minimum absolute atomic E-state index is 0.552.